The lowest BCUT2D eigenvalue weighted by Gasteiger charge is -2.07. The Balaban J connectivity index is 1.65. The smallest absolute Gasteiger partial charge is 0.263 e. The lowest BCUT2D eigenvalue weighted by Crippen LogP contribution is -2.17. The molecule has 0 aliphatic carbocycles. The zero-order chi connectivity index (χ0) is 19.7. The topological polar surface area (TPSA) is 93.5 Å². The van der Waals surface area contributed by atoms with E-state index in [2.05, 4.69) is 15.6 Å². The summed E-state index contributed by atoms with van der Waals surface area (Å²) in [6, 6.07) is 8.74. The maximum atomic E-state index is 12.7. The average molecular weight is 411 g/mol. The van der Waals surface area contributed by atoms with Crippen LogP contribution in [0.1, 0.15) is 16.1 Å². The van der Waals surface area contributed by atoms with Gasteiger partial charge in [0, 0.05) is 35.6 Å². The molecule has 1 aromatic carbocycles. The summed E-state index contributed by atoms with van der Waals surface area (Å²) in [5, 5.41) is 6.00. The molecule has 1 aliphatic rings. The molecular weight excluding hydrogens is 398 g/mol. The number of rotatable bonds is 4. The lowest BCUT2D eigenvalue weighted by molar-refractivity contribution is -0.115. The molecule has 0 saturated carbocycles. The summed E-state index contributed by atoms with van der Waals surface area (Å²) >= 11 is 6.14. The summed E-state index contributed by atoms with van der Waals surface area (Å²) in [7, 11) is 1.56. The minimum absolute atomic E-state index is 0.274. The number of thiocarbonyl (C=S) groups is 1. The first-order valence-corrected chi connectivity index (χ1v) is 9.34. The third-order valence-electron chi connectivity index (χ3n) is 3.93. The molecule has 1 saturated heterocycles. The maximum absolute atomic E-state index is 12.7. The van der Waals surface area contributed by atoms with Gasteiger partial charge in [0.2, 0.25) is 0 Å². The fraction of sp³-hybridized carbons (Fsp3) is 0.0526. The van der Waals surface area contributed by atoms with Gasteiger partial charge in [0.15, 0.2) is 5.58 Å². The van der Waals surface area contributed by atoms with Gasteiger partial charge in [-0.05, 0) is 18.2 Å². The van der Waals surface area contributed by atoms with Gasteiger partial charge < -0.3 is 19.8 Å². The molecule has 4 rings (SSSR count). The molecule has 2 aromatic heterocycles. The number of furan rings is 1. The summed E-state index contributed by atoms with van der Waals surface area (Å²) in [6.45, 7) is 0. The van der Waals surface area contributed by atoms with Crippen molar-refractivity contribution in [1.82, 2.24) is 10.3 Å². The summed E-state index contributed by atoms with van der Waals surface area (Å²) in [4.78, 5) is 29.1. The van der Waals surface area contributed by atoms with Crippen molar-refractivity contribution in [3.05, 3.63) is 59.0 Å². The zero-order valence-electron chi connectivity index (χ0n) is 14.5. The van der Waals surface area contributed by atoms with Gasteiger partial charge in [-0.15, -0.1) is 0 Å². The highest BCUT2D eigenvalue weighted by atomic mass is 32.2. The second-order valence-corrected chi connectivity index (χ2v) is 7.51. The Bertz CT molecular complexity index is 1150. The van der Waals surface area contributed by atoms with Crippen LogP contribution in [0, 0.1) is 0 Å². The van der Waals surface area contributed by atoms with Gasteiger partial charge in [-0.25, -0.2) is 0 Å². The van der Waals surface area contributed by atoms with E-state index in [1.807, 2.05) is 0 Å². The number of ether oxygens (including phenoxy) is 1. The van der Waals surface area contributed by atoms with Crippen molar-refractivity contribution < 1.29 is 18.7 Å². The van der Waals surface area contributed by atoms with Crippen molar-refractivity contribution in [1.29, 1.82) is 0 Å². The Kier molecular flexibility index (Phi) is 4.84. The minimum atomic E-state index is -0.367. The highest BCUT2D eigenvalue weighted by Gasteiger charge is 2.23. The Morgan fingerprint density at radius 1 is 1.36 bits per heavy atom. The van der Waals surface area contributed by atoms with Crippen molar-refractivity contribution in [2.24, 2.45) is 0 Å². The number of aromatic nitrogens is 1. The molecule has 3 aromatic rings. The third kappa shape index (κ3) is 3.62. The molecule has 0 unspecified atom stereocenters. The van der Waals surface area contributed by atoms with Gasteiger partial charge >= 0.3 is 0 Å². The number of hydrogen-bond donors (Lipinski definition) is 2. The molecule has 0 atom stereocenters. The first-order chi connectivity index (χ1) is 13.5. The molecule has 0 radical (unpaired) electrons. The van der Waals surface area contributed by atoms with Crippen LogP contribution in [0.2, 0.25) is 0 Å². The Hall–Kier alpha value is -3.17. The molecule has 7 nitrogen and oxygen atoms in total. The van der Waals surface area contributed by atoms with Crippen molar-refractivity contribution in [3.8, 4) is 5.75 Å². The van der Waals surface area contributed by atoms with Gasteiger partial charge in [0.1, 0.15) is 21.4 Å². The number of hydrogen-bond acceptors (Lipinski definition) is 7. The molecule has 2 amide bonds. The normalized spacial score (nSPS) is 15.1. The number of nitrogens with one attached hydrogen (secondary N) is 2. The van der Waals surface area contributed by atoms with Crippen LogP contribution in [0.15, 0.2) is 52.0 Å². The van der Waals surface area contributed by atoms with Gasteiger partial charge in [-0.2, -0.15) is 0 Å². The van der Waals surface area contributed by atoms with Crippen LogP contribution < -0.4 is 15.4 Å². The van der Waals surface area contributed by atoms with E-state index in [1.165, 1.54) is 6.20 Å². The van der Waals surface area contributed by atoms with Crippen LogP contribution in [0.25, 0.3) is 17.0 Å². The van der Waals surface area contributed by atoms with E-state index < -0.39 is 0 Å². The maximum Gasteiger partial charge on any atom is 0.263 e. The minimum Gasteiger partial charge on any atom is -0.497 e. The number of nitrogens with zero attached hydrogens (tertiary/aromatic N) is 1. The molecule has 1 aliphatic heterocycles. The Morgan fingerprint density at radius 2 is 2.21 bits per heavy atom. The van der Waals surface area contributed by atoms with Crippen molar-refractivity contribution in [3.63, 3.8) is 0 Å². The van der Waals surface area contributed by atoms with Crippen molar-refractivity contribution in [2.45, 2.75) is 0 Å². The molecule has 0 bridgehead atoms. The van der Waals surface area contributed by atoms with E-state index in [0.29, 0.717) is 37.4 Å². The van der Waals surface area contributed by atoms with Gasteiger partial charge in [-0.3, -0.25) is 14.6 Å². The number of thioether (sulfide) groups is 1. The third-order valence-corrected chi connectivity index (χ3v) is 5.09. The average Bonchev–Trinajstić information content (AvgIpc) is 3.23. The fourth-order valence-corrected chi connectivity index (χ4v) is 3.69. The summed E-state index contributed by atoms with van der Waals surface area (Å²) in [5.41, 5.74) is 1.25. The van der Waals surface area contributed by atoms with E-state index in [0.717, 1.165) is 11.8 Å². The second-order valence-electron chi connectivity index (χ2n) is 5.79. The first kappa shape index (κ1) is 18.2. The van der Waals surface area contributed by atoms with Crippen molar-refractivity contribution >= 4 is 62.8 Å². The number of pyridine rings is 1. The number of carbonyl (C=O) groups is 2. The predicted molar refractivity (Wildman–Crippen MR) is 111 cm³/mol. The van der Waals surface area contributed by atoms with Crippen LogP contribution in [0.5, 0.6) is 5.75 Å². The Morgan fingerprint density at radius 3 is 2.96 bits per heavy atom. The number of benzene rings is 1. The highest BCUT2D eigenvalue weighted by Crippen LogP contribution is 2.29. The monoisotopic (exact) mass is 411 g/mol. The van der Waals surface area contributed by atoms with Crippen LogP contribution >= 0.6 is 24.0 Å². The fourth-order valence-electron chi connectivity index (χ4n) is 2.66. The van der Waals surface area contributed by atoms with Crippen molar-refractivity contribution in [2.75, 3.05) is 12.4 Å². The molecule has 1 fully saturated rings. The van der Waals surface area contributed by atoms with Crippen LogP contribution in [-0.4, -0.2) is 28.2 Å². The molecular formula is C19H13N3O4S2. The quantitative estimate of drug-likeness (QED) is 0.501. The predicted octanol–water partition coefficient (Wildman–Crippen LogP) is 3.58. The standard InChI is InChI=1S/C19H13N3O4S2/c1-25-12-4-2-3-11(6-12)21-17(23)14-9-20-8-10-5-13(26-16(10)14)7-15-18(24)22-19(27)28-15/h2-9H,1H3,(H,21,23)(H,22,24,27)/b15-7+. The molecule has 140 valence electrons. The van der Waals surface area contributed by atoms with Crippen LogP contribution in [0.3, 0.4) is 0 Å². The molecule has 3 heterocycles. The van der Waals surface area contributed by atoms with Crippen LogP contribution in [-0.2, 0) is 4.79 Å². The van der Waals surface area contributed by atoms with Gasteiger partial charge in [-0.1, -0.05) is 30.0 Å². The largest absolute Gasteiger partial charge is 0.497 e. The lowest BCUT2D eigenvalue weighted by atomic mass is 10.2. The number of methoxy groups -OCH3 is 1. The number of carbonyl (C=O) groups excluding carboxylic acids is 2. The highest BCUT2D eigenvalue weighted by molar-refractivity contribution is 8.26. The van der Waals surface area contributed by atoms with Crippen LogP contribution in [0.4, 0.5) is 5.69 Å². The molecule has 9 heteroatoms. The van der Waals surface area contributed by atoms with Gasteiger partial charge in [0.05, 0.1) is 12.0 Å². The number of amides is 2. The summed E-state index contributed by atoms with van der Waals surface area (Å²) in [5.74, 6) is 0.422. The molecule has 2 N–H and O–H groups in total. The summed E-state index contributed by atoms with van der Waals surface area (Å²) < 4.78 is 11.4. The SMILES string of the molecule is COc1cccc(NC(=O)c2cncc3cc(/C=C4/SC(=S)NC4=O)oc23)c1. The number of anilines is 1. The Labute approximate surface area is 169 Å². The van der Waals surface area contributed by atoms with Gasteiger partial charge in [0.25, 0.3) is 11.8 Å². The second kappa shape index (κ2) is 7.45. The van der Waals surface area contributed by atoms with E-state index in [-0.39, 0.29) is 17.4 Å². The van der Waals surface area contributed by atoms with E-state index >= 15 is 0 Å². The van der Waals surface area contributed by atoms with E-state index in [9.17, 15) is 9.59 Å². The molecule has 0 spiro atoms. The zero-order valence-corrected chi connectivity index (χ0v) is 16.1. The number of fused-ring (bicyclic) bond motifs is 1. The first-order valence-electron chi connectivity index (χ1n) is 8.11. The van der Waals surface area contributed by atoms with E-state index in [4.69, 9.17) is 21.4 Å². The van der Waals surface area contributed by atoms with E-state index in [1.54, 1.807) is 49.7 Å². The molecule has 28 heavy (non-hydrogen) atoms. The summed E-state index contributed by atoms with van der Waals surface area (Å²) in [6.07, 6.45) is 4.61.